The van der Waals surface area contributed by atoms with Crippen LogP contribution in [0, 0.1) is 0 Å². The van der Waals surface area contributed by atoms with Crippen molar-refractivity contribution in [3.05, 3.63) is 36.3 Å². The van der Waals surface area contributed by atoms with Gasteiger partial charge >= 0.3 is 0 Å². The van der Waals surface area contributed by atoms with Crippen LogP contribution in [0.2, 0.25) is 0 Å². The van der Waals surface area contributed by atoms with Crippen molar-refractivity contribution in [1.29, 1.82) is 0 Å². The highest BCUT2D eigenvalue weighted by molar-refractivity contribution is 5.56. The maximum absolute atomic E-state index is 5.55. The summed E-state index contributed by atoms with van der Waals surface area (Å²) in [5.41, 5.74) is 2.13. The van der Waals surface area contributed by atoms with Gasteiger partial charge in [-0.1, -0.05) is 6.92 Å². The maximum atomic E-state index is 5.55. The van der Waals surface area contributed by atoms with Crippen molar-refractivity contribution >= 4 is 5.82 Å². The molecule has 0 saturated carbocycles. The Balaban J connectivity index is 1.82. The first-order valence-corrected chi connectivity index (χ1v) is 8.90. The van der Waals surface area contributed by atoms with Crippen molar-refractivity contribution in [2.45, 2.75) is 31.7 Å². The molecule has 6 heteroatoms. The van der Waals surface area contributed by atoms with Crippen LogP contribution in [-0.2, 0) is 11.2 Å². The molecule has 25 heavy (non-hydrogen) atoms. The summed E-state index contributed by atoms with van der Waals surface area (Å²) in [5.74, 6) is 1.63. The normalized spacial score (nSPS) is 16.8. The fraction of sp³-hybridized carbons (Fsp3) is 0.526. The Hall–Kier alpha value is -2.05. The zero-order chi connectivity index (χ0) is 17.7. The van der Waals surface area contributed by atoms with Gasteiger partial charge in [0.2, 0.25) is 0 Å². The number of nitrogens with one attached hydrogen (secondary N) is 1. The van der Waals surface area contributed by atoms with Crippen LogP contribution >= 0.6 is 0 Å². The van der Waals surface area contributed by atoms with Crippen LogP contribution < -0.4 is 5.32 Å². The minimum atomic E-state index is 0.104. The molecule has 2 aromatic rings. The summed E-state index contributed by atoms with van der Waals surface area (Å²) in [6, 6.07) is 5.93. The highest BCUT2D eigenvalue weighted by Crippen LogP contribution is 2.27. The molecule has 0 radical (unpaired) electrons. The largest absolute Gasteiger partial charge is 0.381 e. The minimum absolute atomic E-state index is 0.104. The lowest BCUT2D eigenvalue weighted by Crippen LogP contribution is -2.53. The summed E-state index contributed by atoms with van der Waals surface area (Å²) in [5, 5.41) is 3.56. The molecule has 0 bridgehead atoms. The molecule has 0 aliphatic carbocycles. The van der Waals surface area contributed by atoms with E-state index in [4.69, 9.17) is 9.72 Å². The molecule has 6 nitrogen and oxygen atoms in total. The van der Waals surface area contributed by atoms with Crippen molar-refractivity contribution in [2.75, 3.05) is 39.2 Å². The van der Waals surface area contributed by atoms with Crippen molar-refractivity contribution < 1.29 is 4.74 Å². The van der Waals surface area contributed by atoms with Crippen LogP contribution in [0.15, 0.2) is 30.6 Å². The number of rotatable bonds is 6. The zero-order valence-corrected chi connectivity index (χ0v) is 15.3. The quantitative estimate of drug-likeness (QED) is 0.871. The highest BCUT2D eigenvalue weighted by Gasteiger charge is 2.34. The summed E-state index contributed by atoms with van der Waals surface area (Å²) in [4.78, 5) is 15.8. The van der Waals surface area contributed by atoms with Gasteiger partial charge in [-0.15, -0.1) is 0 Å². The third-order valence-corrected chi connectivity index (χ3v) is 5.05. The van der Waals surface area contributed by atoms with Crippen molar-refractivity contribution in [2.24, 2.45) is 0 Å². The third-order valence-electron chi connectivity index (χ3n) is 5.05. The van der Waals surface area contributed by atoms with Gasteiger partial charge in [0.05, 0.1) is 0 Å². The monoisotopic (exact) mass is 341 g/mol. The van der Waals surface area contributed by atoms with Gasteiger partial charge in [0, 0.05) is 55.0 Å². The SMILES string of the molecule is CCc1cc(NCC2(N(C)C)CCOCC2)nc(-c2ccncc2)n1. The first-order valence-electron chi connectivity index (χ1n) is 8.90. The van der Waals surface area contributed by atoms with Gasteiger partial charge in [-0.25, -0.2) is 9.97 Å². The lowest BCUT2D eigenvalue weighted by atomic mass is 9.88. The van der Waals surface area contributed by atoms with Crippen LogP contribution in [0.1, 0.15) is 25.5 Å². The fourth-order valence-electron chi connectivity index (χ4n) is 3.19. The molecule has 2 aromatic heterocycles. The molecule has 134 valence electrons. The van der Waals surface area contributed by atoms with E-state index in [0.29, 0.717) is 0 Å². The van der Waals surface area contributed by atoms with E-state index < -0.39 is 0 Å². The Morgan fingerprint density at radius 1 is 1.16 bits per heavy atom. The second-order valence-corrected chi connectivity index (χ2v) is 6.74. The van der Waals surface area contributed by atoms with Gasteiger partial charge < -0.3 is 15.0 Å². The number of aryl methyl sites for hydroxylation is 1. The predicted molar refractivity (Wildman–Crippen MR) is 99.6 cm³/mol. The van der Waals surface area contributed by atoms with Gasteiger partial charge in [0.1, 0.15) is 5.82 Å². The van der Waals surface area contributed by atoms with Gasteiger partial charge in [-0.2, -0.15) is 0 Å². The molecule has 1 aliphatic heterocycles. The number of pyridine rings is 1. The fourth-order valence-corrected chi connectivity index (χ4v) is 3.19. The van der Waals surface area contributed by atoms with Crippen molar-refractivity contribution in [3.63, 3.8) is 0 Å². The van der Waals surface area contributed by atoms with E-state index in [2.05, 4.69) is 41.2 Å². The van der Waals surface area contributed by atoms with E-state index in [1.807, 2.05) is 18.2 Å². The van der Waals surface area contributed by atoms with Crippen LogP contribution in [0.5, 0.6) is 0 Å². The Morgan fingerprint density at radius 2 is 1.88 bits per heavy atom. The number of hydrogen-bond acceptors (Lipinski definition) is 6. The maximum Gasteiger partial charge on any atom is 0.161 e. The Bertz CT molecular complexity index is 683. The summed E-state index contributed by atoms with van der Waals surface area (Å²) in [7, 11) is 4.29. The van der Waals surface area contributed by atoms with Crippen LogP contribution in [0.25, 0.3) is 11.4 Å². The van der Waals surface area contributed by atoms with Crippen molar-refractivity contribution in [3.8, 4) is 11.4 Å². The molecule has 0 atom stereocenters. The summed E-state index contributed by atoms with van der Waals surface area (Å²) in [6.07, 6.45) is 6.47. The first kappa shape index (κ1) is 17.8. The number of anilines is 1. The molecule has 1 fully saturated rings. The number of aromatic nitrogens is 3. The Kier molecular flexibility index (Phi) is 5.60. The van der Waals surface area contributed by atoms with E-state index >= 15 is 0 Å². The lowest BCUT2D eigenvalue weighted by molar-refractivity contribution is -0.000665. The number of nitrogens with zero attached hydrogens (tertiary/aromatic N) is 4. The summed E-state index contributed by atoms with van der Waals surface area (Å²) in [6.45, 7) is 4.58. The second-order valence-electron chi connectivity index (χ2n) is 6.74. The van der Waals surface area contributed by atoms with Gasteiger partial charge in [0.25, 0.3) is 0 Å². The van der Waals surface area contributed by atoms with Crippen LogP contribution in [-0.4, -0.2) is 59.2 Å². The minimum Gasteiger partial charge on any atom is -0.381 e. The molecule has 3 heterocycles. The van der Waals surface area contributed by atoms with Crippen LogP contribution in [0.4, 0.5) is 5.82 Å². The lowest BCUT2D eigenvalue weighted by Gasteiger charge is -2.43. The number of hydrogen-bond donors (Lipinski definition) is 1. The predicted octanol–water partition coefficient (Wildman–Crippen LogP) is 2.62. The molecule has 0 spiro atoms. The number of ether oxygens (including phenoxy) is 1. The molecule has 0 aromatic carbocycles. The molecule has 1 N–H and O–H groups in total. The van der Waals surface area contributed by atoms with Gasteiger partial charge in [-0.05, 0) is 45.5 Å². The molecule has 0 amide bonds. The first-order chi connectivity index (χ1) is 12.1. The average molecular weight is 341 g/mol. The Labute approximate surface area is 149 Å². The smallest absolute Gasteiger partial charge is 0.161 e. The van der Waals surface area contributed by atoms with Crippen LogP contribution in [0.3, 0.4) is 0 Å². The topological polar surface area (TPSA) is 63.2 Å². The van der Waals surface area contributed by atoms with E-state index in [1.165, 1.54) is 0 Å². The zero-order valence-electron chi connectivity index (χ0n) is 15.3. The molecular weight excluding hydrogens is 314 g/mol. The summed E-state index contributed by atoms with van der Waals surface area (Å²) < 4.78 is 5.55. The van der Waals surface area contributed by atoms with Crippen molar-refractivity contribution in [1.82, 2.24) is 19.9 Å². The average Bonchev–Trinajstić information content (AvgIpc) is 2.67. The van der Waals surface area contributed by atoms with E-state index in [0.717, 1.165) is 61.9 Å². The standard InChI is InChI=1S/C19H27N5O/c1-4-16-13-17(23-18(22-16)15-5-9-20-10-6-15)21-14-19(24(2)3)7-11-25-12-8-19/h5-6,9-10,13H,4,7-8,11-12,14H2,1-3H3,(H,21,22,23). The summed E-state index contributed by atoms with van der Waals surface area (Å²) >= 11 is 0. The van der Waals surface area contributed by atoms with E-state index in [-0.39, 0.29) is 5.54 Å². The second kappa shape index (κ2) is 7.89. The molecule has 1 saturated heterocycles. The molecule has 0 unspecified atom stereocenters. The molecule has 1 aliphatic rings. The van der Waals surface area contributed by atoms with E-state index in [9.17, 15) is 0 Å². The van der Waals surface area contributed by atoms with Gasteiger partial charge in [0.15, 0.2) is 5.82 Å². The number of likely N-dealkylation sites (N-methyl/N-ethyl adjacent to an activating group) is 1. The molecule has 3 rings (SSSR count). The third kappa shape index (κ3) is 4.14. The van der Waals surface area contributed by atoms with Gasteiger partial charge in [-0.3, -0.25) is 4.98 Å². The molecular formula is C19H27N5O. The highest BCUT2D eigenvalue weighted by atomic mass is 16.5. The Morgan fingerprint density at radius 3 is 2.52 bits per heavy atom. The van der Waals surface area contributed by atoms with E-state index in [1.54, 1.807) is 12.4 Å².